The molecule has 0 bridgehead atoms. The molecule has 2 aromatic rings. The number of amidine groups is 1. The molecule has 2 aromatic carbocycles. The van der Waals surface area contributed by atoms with E-state index in [2.05, 4.69) is 54.1 Å². The summed E-state index contributed by atoms with van der Waals surface area (Å²) in [6.45, 7) is 4.85. The van der Waals surface area contributed by atoms with Crippen molar-refractivity contribution in [1.82, 2.24) is 0 Å². The van der Waals surface area contributed by atoms with E-state index in [1.165, 1.54) is 28.5 Å². The van der Waals surface area contributed by atoms with Crippen molar-refractivity contribution in [3.63, 3.8) is 0 Å². The van der Waals surface area contributed by atoms with Gasteiger partial charge in [0, 0.05) is 5.69 Å². The van der Waals surface area contributed by atoms with Gasteiger partial charge in [0.2, 0.25) is 6.19 Å². The fourth-order valence-electron chi connectivity index (χ4n) is 2.40. The summed E-state index contributed by atoms with van der Waals surface area (Å²) in [6.07, 6.45) is 3.85. The number of benzene rings is 2. The van der Waals surface area contributed by atoms with Crippen LogP contribution in [-0.2, 0) is 6.54 Å². The highest BCUT2D eigenvalue weighted by molar-refractivity contribution is 8.13. The number of rotatable bonds is 3. The molecule has 0 spiro atoms. The molecule has 2 rings (SSSR count). The summed E-state index contributed by atoms with van der Waals surface area (Å²) >= 11 is 1.48. The van der Waals surface area contributed by atoms with Crippen molar-refractivity contribution < 1.29 is 0 Å². The van der Waals surface area contributed by atoms with E-state index >= 15 is 0 Å². The molecule has 0 aliphatic carbocycles. The third-order valence-corrected chi connectivity index (χ3v) is 3.94. The lowest BCUT2D eigenvalue weighted by Crippen LogP contribution is -2.28. The quantitative estimate of drug-likeness (QED) is 0.476. The third kappa shape index (κ3) is 4.12. The minimum Gasteiger partial charge on any atom is -0.316 e. The van der Waals surface area contributed by atoms with E-state index in [1.807, 2.05) is 30.6 Å². The Labute approximate surface area is 136 Å². The third-order valence-electron chi connectivity index (χ3n) is 3.26. The number of hydrogen-bond donors (Lipinski definition) is 0. The Kier molecular flexibility index (Phi) is 5.62. The second-order valence-electron chi connectivity index (χ2n) is 5.12. The van der Waals surface area contributed by atoms with Crippen LogP contribution < -0.4 is 4.90 Å². The van der Waals surface area contributed by atoms with Gasteiger partial charge in [-0.3, -0.25) is 0 Å². The maximum atomic E-state index is 8.96. The molecule has 0 unspecified atom stereocenters. The van der Waals surface area contributed by atoms with Gasteiger partial charge in [0.15, 0.2) is 5.17 Å². The Hall–Kier alpha value is -2.25. The highest BCUT2D eigenvalue weighted by atomic mass is 32.2. The van der Waals surface area contributed by atoms with E-state index in [0.29, 0.717) is 11.7 Å². The van der Waals surface area contributed by atoms with Crippen molar-refractivity contribution in [3.05, 3.63) is 65.2 Å². The van der Waals surface area contributed by atoms with Gasteiger partial charge in [0.05, 0.1) is 6.54 Å². The summed E-state index contributed by atoms with van der Waals surface area (Å²) in [6, 6.07) is 16.6. The van der Waals surface area contributed by atoms with Gasteiger partial charge >= 0.3 is 0 Å². The molecule has 0 saturated heterocycles. The Morgan fingerprint density at radius 1 is 1.14 bits per heavy atom. The van der Waals surface area contributed by atoms with Gasteiger partial charge in [-0.15, -0.1) is 4.99 Å². The summed E-state index contributed by atoms with van der Waals surface area (Å²) in [5.41, 5.74) is 4.64. The minimum absolute atomic E-state index is 0.686. The van der Waals surface area contributed by atoms with Gasteiger partial charge in [0.1, 0.15) is 0 Å². The first kappa shape index (κ1) is 16.1. The summed E-state index contributed by atoms with van der Waals surface area (Å²) < 4.78 is 0. The maximum Gasteiger partial charge on any atom is 0.208 e. The molecule has 0 saturated carbocycles. The van der Waals surface area contributed by atoms with E-state index < -0.39 is 0 Å². The SMILES string of the molecule is CS/C(=N\C#N)N(Cc1ccccc1)c1cc(C)cc(C)c1. The zero-order valence-corrected chi connectivity index (χ0v) is 13.9. The minimum atomic E-state index is 0.686. The van der Waals surface area contributed by atoms with Crippen LogP contribution in [0.2, 0.25) is 0 Å². The summed E-state index contributed by atoms with van der Waals surface area (Å²) in [5.74, 6) is 0. The lowest BCUT2D eigenvalue weighted by atomic mass is 10.1. The zero-order chi connectivity index (χ0) is 15.9. The average Bonchev–Trinajstić information content (AvgIpc) is 2.50. The smallest absolute Gasteiger partial charge is 0.208 e. The largest absolute Gasteiger partial charge is 0.316 e. The van der Waals surface area contributed by atoms with Gasteiger partial charge in [-0.05, 0) is 48.9 Å². The first-order valence-electron chi connectivity index (χ1n) is 7.04. The predicted molar refractivity (Wildman–Crippen MR) is 95.1 cm³/mol. The molecule has 22 heavy (non-hydrogen) atoms. The van der Waals surface area contributed by atoms with E-state index in [0.717, 1.165) is 5.69 Å². The second-order valence-corrected chi connectivity index (χ2v) is 5.89. The number of nitrogens with zero attached hydrogens (tertiary/aromatic N) is 3. The van der Waals surface area contributed by atoms with Crippen molar-refractivity contribution in [1.29, 1.82) is 5.26 Å². The Morgan fingerprint density at radius 3 is 2.32 bits per heavy atom. The molecule has 112 valence electrons. The van der Waals surface area contributed by atoms with Gasteiger partial charge < -0.3 is 4.90 Å². The van der Waals surface area contributed by atoms with Crippen molar-refractivity contribution in [2.45, 2.75) is 20.4 Å². The van der Waals surface area contributed by atoms with Crippen LogP contribution in [0.4, 0.5) is 5.69 Å². The topological polar surface area (TPSA) is 39.4 Å². The van der Waals surface area contributed by atoms with Crippen LogP contribution in [0.25, 0.3) is 0 Å². The van der Waals surface area contributed by atoms with Gasteiger partial charge in [-0.1, -0.05) is 48.2 Å². The number of hydrogen-bond acceptors (Lipinski definition) is 3. The van der Waals surface area contributed by atoms with Crippen LogP contribution >= 0.6 is 11.8 Å². The molecule has 0 aliphatic rings. The normalized spacial score (nSPS) is 11.1. The molecular weight excluding hydrogens is 290 g/mol. The lowest BCUT2D eigenvalue weighted by molar-refractivity contribution is 1.01. The molecular formula is C18H19N3S. The molecule has 0 N–H and O–H groups in total. The molecule has 0 heterocycles. The van der Waals surface area contributed by atoms with E-state index in [1.54, 1.807) is 0 Å². The molecule has 0 fully saturated rings. The molecule has 0 aromatic heterocycles. The number of thioether (sulfide) groups is 1. The van der Waals surface area contributed by atoms with Gasteiger partial charge in [0.25, 0.3) is 0 Å². The number of nitriles is 1. The second kappa shape index (κ2) is 7.67. The fourth-order valence-corrected chi connectivity index (χ4v) is 2.92. The van der Waals surface area contributed by atoms with Gasteiger partial charge in [-0.25, -0.2) is 0 Å². The highest BCUT2D eigenvalue weighted by Crippen LogP contribution is 2.24. The van der Waals surface area contributed by atoms with Crippen LogP contribution in [0.3, 0.4) is 0 Å². The summed E-state index contributed by atoms with van der Waals surface area (Å²) in [7, 11) is 0. The van der Waals surface area contributed by atoms with E-state index in [-0.39, 0.29) is 0 Å². The average molecular weight is 309 g/mol. The first-order chi connectivity index (χ1) is 10.6. The van der Waals surface area contributed by atoms with Crippen molar-refractivity contribution in [3.8, 4) is 6.19 Å². The number of anilines is 1. The summed E-state index contributed by atoms with van der Waals surface area (Å²) in [4.78, 5) is 6.07. The standard InChI is InChI=1S/C18H19N3S/c1-14-9-15(2)11-17(10-14)21(18(22-3)20-13-19)12-16-7-5-4-6-8-16/h4-11H,12H2,1-3H3/b20-18-. The highest BCUT2D eigenvalue weighted by Gasteiger charge is 2.14. The van der Waals surface area contributed by atoms with Crippen LogP contribution in [0.1, 0.15) is 16.7 Å². The molecule has 0 atom stereocenters. The fraction of sp³-hybridized carbons (Fsp3) is 0.222. The Bertz CT molecular complexity index is 682. The Balaban J connectivity index is 2.45. The lowest BCUT2D eigenvalue weighted by Gasteiger charge is -2.25. The monoisotopic (exact) mass is 309 g/mol. The molecule has 0 amide bonds. The molecule has 4 heteroatoms. The van der Waals surface area contributed by atoms with E-state index in [4.69, 9.17) is 5.26 Å². The first-order valence-corrected chi connectivity index (χ1v) is 8.27. The zero-order valence-electron chi connectivity index (χ0n) is 13.1. The van der Waals surface area contributed by atoms with Crippen LogP contribution in [0.15, 0.2) is 53.5 Å². The predicted octanol–water partition coefficient (Wildman–Crippen LogP) is 4.51. The van der Waals surface area contributed by atoms with Crippen LogP contribution in [0, 0.1) is 25.3 Å². The molecule has 3 nitrogen and oxygen atoms in total. The van der Waals surface area contributed by atoms with Crippen molar-refractivity contribution in [2.24, 2.45) is 4.99 Å². The van der Waals surface area contributed by atoms with Crippen molar-refractivity contribution >= 4 is 22.6 Å². The van der Waals surface area contributed by atoms with Gasteiger partial charge in [-0.2, -0.15) is 5.26 Å². The molecule has 0 aliphatic heterocycles. The van der Waals surface area contributed by atoms with Crippen LogP contribution in [0.5, 0.6) is 0 Å². The number of aliphatic imine (C=N–C) groups is 1. The number of aryl methyl sites for hydroxylation is 2. The molecule has 0 radical (unpaired) electrons. The Morgan fingerprint density at radius 2 is 1.77 bits per heavy atom. The van der Waals surface area contributed by atoms with E-state index in [9.17, 15) is 0 Å². The van der Waals surface area contributed by atoms with Crippen molar-refractivity contribution in [2.75, 3.05) is 11.2 Å². The summed E-state index contributed by atoms with van der Waals surface area (Å²) in [5, 5.41) is 9.67. The van der Waals surface area contributed by atoms with Crippen LogP contribution in [-0.4, -0.2) is 11.4 Å². The maximum absolute atomic E-state index is 8.96.